The summed E-state index contributed by atoms with van der Waals surface area (Å²) in [6.45, 7) is 0.274. The van der Waals surface area contributed by atoms with Gasteiger partial charge in [-0.25, -0.2) is 9.78 Å². The summed E-state index contributed by atoms with van der Waals surface area (Å²) in [6.07, 6.45) is 0.422. The highest BCUT2D eigenvalue weighted by Gasteiger charge is 2.66. The Kier molecular flexibility index (Phi) is 12.7. The van der Waals surface area contributed by atoms with Crippen molar-refractivity contribution in [1.29, 1.82) is 0 Å². The van der Waals surface area contributed by atoms with Gasteiger partial charge in [-0.2, -0.15) is 0 Å². The van der Waals surface area contributed by atoms with Crippen LogP contribution >= 0.6 is 34.9 Å². The van der Waals surface area contributed by atoms with Crippen LogP contribution < -0.4 is 10.6 Å². The zero-order chi connectivity index (χ0) is 44.1. The molecule has 0 bridgehead atoms. The average molecular weight is 910 g/mol. The van der Waals surface area contributed by atoms with Gasteiger partial charge in [-0.05, 0) is 34.1 Å². The molecule has 3 aliphatic heterocycles. The van der Waals surface area contributed by atoms with E-state index in [4.69, 9.17) is 24.0 Å². The van der Waals surface area contributed by atoms with Crippen molar-refractivity contribution in [3.05, 3.63) is 202 Å². The molecule has 0 radical (unpaired) electrons. The van der Waals surface area contributed by atoms with E-state index in [1.807, 2.05) is 115 Å². The van der Waals surface area contributed by atoms with Gasteiger partial charge in [-0.1, -0.05) is 157 Å². The number of hydrogen-bond donors (Lipinski definition) is 2. The molecule has 12 nitrogen and oxygen atoms in total. The molecule has 1 aromatic heterocycles. The van der Waals surface area contributed by atoms with E-state index in [2.05, 4.69) is 52.2 Å². The van der Waals surface area contributed by atoms with E-state index in [1.165, 1.54) is 46.9 Å². The van der Waals surface area contributed by atoms with Gasteiger partial charge >= 0.3 is 5.97 Å². The Labute approximate surface area is 383 Å². The van der Waals surface area contributed by atoms with Crippen LogP contribution in [0.5, 0.6) is 0 Å². The molecule has 6 aromatic rings. The van der Waals surface area contributed by atoms with E-state index in [0.29, 0.717) is 16.5 Å². The third kappa shape index (κ3) is 7.98. The van der Waals surface area contributed by atoms with Crippen LogP contribution in [0.4, 0.5) is 5.13 Å². The van der Waals surface area contributed by atoms with Crippen molar-refractivity contribution in [2.45, 2.75) is 28.0 Å². The number of esters is 1. The highest BCUT2D eigenvalue weighted by atomic mass is 32.2. The molecule has 2 N–H and O–H groups in total. The van der Waals surface area contributed by atoms with Crippen molar-refractivity contribution in [1.82, 2.24) is 15.2 Å². The number of β-lactam (4-membered cyclic amide) rings is 1. The summed E-state index contributed by atoms with van der Waals surface area (Å²) in [6, 6.07) is 49.2. The zero-order valence-electron chi connectivity index (χ0n) is 34.8. The van der Waals surface area contributed by atoms with Gasteiger partial charge in [0, 0.05) is 16.7 Å². The van der Waals surface area contributed by atoms with Crippen molar-refractivity contribution >= 4 is 63.5 Å². The number of anilines is 1. The molecule has 3 aliphatic rings. The van der Waals surface area contributed by atoms with E-state index in [-0.39, 0.29) is 30.5 Å². The van der Waals surface area contributed by atoms with Gasteiger partial charge in [-0.15, -0.1) is 34.9 Å². The van der Waals surface area contributed by atoms with Crippen LogP contribution in [-0.2, 0) is 39.0 Å². The number of benzene rings is 5. The number of fused-ring (bicyclic) bond motifs is 1. The first kappa shape index (κ1) is 43.0. The Balaban J connectivity index is 1.01. The molecule has 0 spiro atoms. The zero-order valence-corrected chi connectivity index (χ0v) is 37.2. The van der Waals surface area contributed by atoms with Gasteiger partial charge in [0.15, 0.2) is 21.8 Å². The van der Waals surface area contributed by atoms with Crippen LogP contribution in [0.1, 0.15) is 39.6 Å². The van der Waals surface area contributed by atoms with E-state index in [9.17, 15) is 14.4 Å². The lowest BCUT2D eigenvalue weighted by Crippen LogP contribution is -2.78. The average Bonchev–Trinajstić information content (AvgIpc) is 4.07. The predicted octanol–water partition coefficient (Wildman–Crippen LogP) is 7.95. The number of amides is 2. The number of nitrogens with one attached hydrogen (secondary N) is 2. The van der Waals surface area contributed by atoms with Crippen LogP contribution in [0.3, 0.4) is 0 Å². The molecule has 2 amide bonds. The molecule has 2 fully saturated rings. The number of carbonyl (C=O) groups is 3. The number of aromatic nitrogens is 1. The van der Waals surface area contributed by atoms with Gasteiger partial charge in [0.2, 0.25) is 0 Å². The number of carbonyl (C=O) groups excluding carboxylic acids is 3. The van der Waals surface area contributed by atoms with Gasteiger partial charge in [0.1, 0.15) is 42.3 Å². The van der Waals surface area contributed by atoms with E-state index in [0.717, 1.165) is 27.8 Å². The Hall–Kier alpha value is -6.23. The SMILES string of the molecule is CON=C(C(=O)NC1(SC)C(=O)N2C(C(=O)OC(c3ccccc3)c3ccccc3)=C(C3COCO3)CS[C@H]21)c1csc(NC(c2ccccc2)(c2ccccc2)c2ccccc2)n1. The van der Waals surface area contributed by atoms with Gasteiger partial charge in [0.25, 0.3) is 11.8 Å². The van der Waals surface area contributed by atoms with Gasteiger partial charge in [-0.3, -0.25) is 14.5 Å². The Morgan fingerprint density at radius 1 is 0.859 bits per heavy atom. The molecule has 0 saturated carbocycles. The first-order valence-corrected chi connectivity index (χ1v) is 23.6. The third-order valence-electron chi connectivity index (χ3n) is 11.4. The fraction of sp³-hybridized carbons (Fsp3) is 0.204. The summed E-state index contributed by atoms with van der Waals surface area (Å²) >= 11 is 3.90. The lowest BCUT2D eigenvalue weighted by Gasteiger charge is -2.56. The summed E-state index contributed by atoms with van der Waals surface area (Å²) in [7, 11) is 1.35. The molecular formula is C49H43N5O7S3. The van der Waals surface area contributed by atoms with Crippen molar-refractivity contribution in [2.24, 2.45) is 5.16 Å². The first-order valence-electron chi connectivity index (χ1n) is 20.5. The number of ether oxygens (including phenoxy) is 3. The van der Waals surface area contributed by atoms with E-state index in [1.54, 1.807) is 11.6 Å². The number of oxime groups is 1. The molecule has 2 saturated heterocycles. The first-order chi connectivity index (χ1) is 31.4. The van der Waals surface area contributed by atoms with Crippen LogP contribution in [0, 0.1) is 0 Å². The highest BCUT2D eigenvalue weighted by molar-refractivity contribution is 8.05. The Morgan fingerprint density at radius 3 is 1.91 bits per heavy atom. The second kappa shape index (κ2) is 18.9. The normalized spacial score (nSPS) is 19.8. The smallest absolute Gasteiger partial charge is 0.356 e. The number of thioether (sulfide) groups is 2. The minimum atomic E-state index is -1.49. The maximum atomic E-state index is 14.7. The number of thiazole rings is 1. The predicted molar refractivity (Wildman–Crippen MR) is 250 cm³/mol. The number of nitrogens with zero attached hydrogens (tertiary/aromatic N) is 3. The minimum absolute atomic E-state index is 0.0568. The number of rotatable bonds is 15. The maximum Gasteiger partial charge on any atom is 0.356 e. The van der Waals surface area contributed by atoms with Crippen LogP contribution in [0.15, 0.2) is 173 Å². The number of hydrogen-bond acceptors (Lipinski definition) is 13. The van der Waals surface area contributed by atoms with Crippen molar-refractivity contribution < 1.29 is 33.4 Å². The molecular weight excluding hydrogens is 867 g/mol. The third-order valence-corrected chi connectivity index (χ3v) is 14.8. The summed E-state index contributed by atoms with van der Waals surface area (Å²) in [5.74, 6) is -1.55. The molecule has 4 heterocycles. The molecule has 9 rings (SSSR count). The topological polar surface area (TPSA) is 141 Å². The second-order valence-electron chi connectivity index (χ2n) is 15.0. The quantitative estimate of drug-likeness (QED) is 0.0259. The molecule has 64 heavy (non-hydrogen) atoms. The summed E-state index contributed by atoms with van der Waals surface area (Å²) < 4.78 is 17.8. The lowest BCUT2D eigenvalue weighted by atomic mass is 9.77. The van der Waals surface area contributed by atoms with Crippen LogP contribution in [0.2, 0.25) is 0 Å². The van der Waals surface area contributed by atoms with Crippen molar-refractivity contribution in [2.75, 3.05) is 37.8 Å². The molecule has 0 aliphatic carbocycles. The maximum absolute atomic E-state index is 14.7. The van der Waals surface area contributed by atoms with Gasteiger partial charge < -0.3 is 29.7 Å². The lowest BCUT2D eigenvalue weighted by molar-refractivity contribution is -0.156. The standard InChI is InChI=1S/C49H43N5O7S3/c1-58-53-40(38-30-64-47(50-38)52-48(34-22-12-5-13-23-34,35-24-14-6-15-25-35)36-26-16-7-17-27-36)43(55)51-49(62-2)45(57)54-41(37(29-63-46(49)54)39-28-59-31-60-39)44(56)61-42(32-18-8-3-9-19-32)33-20-10-4-11-21-33/h3-27,30,39,42,46H,28-29,31H2,1-2H3,(H,50,52)(H,51,55)/t39?,46-,49?/m0/s1. The fourth-order valence-corrected chi connectivity index (χ4v) is 11.7. The van der Waals surface area contributed by atoms with E-state index < -0.39 is 45.8 Å². The molecule has 5 aromatic carbocycles. The molecule has 3 atom stereocenters. The molecule has 324 valence electrons. The van der Waals surface area contributed by atoms with Crippen molar-refractivity contribution in [3.63, 3.8) is 0 Å². The Bertz CT molecular complexity index is 2530. The van der Waals surface area contributed by atoms with Crippen molar-refractivity contribution in [3.8, 4) is 0 Å². The summed E-state index contributed by atoms with van der Waals surface area (Å²) in [5, 5.41) is 12.4. The van der Waals surface area contributed by atoms with Gasteiger partial charge in [0.05, 0.1) is 6.61 Å². The monoisotopic (exact) mass is 909 g/mol. The fourth-order valence-electron chi connectivity index (χ4n) is 8.33. The second-order valence-corrected chi connectivity index (χ2v) is 18.0. The summed E-state index contributed by atoms with van der Waals surface area (Å²) in [5.41, 5.74) is 4.39. The highest BCUT2D eigenvalue weighted by Crippen LogP contribution is 2.52. The largest absolute Gasteiger partial charge is 0.448 e. The molecule has 2 unspecified atom stereocenters. The van der Waals surface area contributed by atoms with Crippen LogP contribution in [0.25, 0.3) is 0 Å². The minimum Gasteiger partial charge on any atom is -0.448 e. The van der Waals surface area contributed by atoms with E-state index >= 15 is 0 Å². The summed E-state index contributed by atoms with van der Waals surface area (Å²) in [4.78, 5) is 53.9. The van der Waals surface area contributed by atoms with Crippen LogP contribution in [-0.4, -0.2) is 82.2 Å². The molecule has 15 heteroatoms. The Morgan fingerprint density at radius 2 is 1.41 bits per heavy atom.